The minimum Gasteiger partial charge on any atom is -0.465 e. The molecule has 152 valence electrons. The van der Waals surface area contributed by atoms with Gasteiger partial charge >= 0.3 is 0 Å². The summed E-state index contributed by atoms with van der Waals surface area (Å²) in [6, 6.07) is 18.4. The average Bonchev–Trinajstić information content (AvgIpc) is 3.30. The maximum absolute atomic E-state index is 12.5. The second-order valence-electron chi connectivity index (χ2n) is 6.93. The van der Waals surface area contributed by atoms with Crippen molar-refractivity contribution in [3.8, 4) is 0 Å². The molecule has 2 N–H and O–H groups in total. The van der Waals surface area contributed by atoms with Crippen molar-refractivity contribution in [2.24, 2.45) is 0 Å². The molecule has 0 saturated carbocycles. The molecule has 0 radical (unpaired) electrons. The number of anilines is 1. The first-order valence-corrected chi connectivity index (χ1v) is 9.79. The summed E-state index contributed by atoms with van der Waals surface area (Å²) in [5.41, 5.74) is 3.52. The van der Waals surface area contributed by atoms with Crippen LogP contribution in [0.1, 0.15) is 33.3 Å². The zero-order valence-corrected chi connectivity index (χ0v) is 16.3. The molecule has 6 heteroatoms. The van der Waals surface area contributed by atoms with Gasteiger partial charge in [-0.3, -0.25) is 9.59 Å². The van der Waals surface area contributed by atoms with Crippen molar-refractivity contribution in [1.82, 2.24) is 5.32 Å². The van der Waals surface area contributed by atoms with Crippen LogP contribution in [-0.4, -0.2) is 25.0 Å². The first-order chi connectivity index (χ1) is 14.7. The molecule has 0 aliphatic carbocycles. The van der Waals surface area contributed by atoms with E-state index in [1.165, 1.54) is 11.6 Å². The van der Waals surface area contributed by atoms with Gasteiger partial charge in [0.05, 0.1) is 12.9 Å². The van der Waals surface area contributed by atoms with Crippen LogP contribution in [0.15, 0.2) is 77.4 Å². The van der Waals surface area contributed by atoms with Gasteiger partial charge in [-0.05, 0) is 60.0 Å². The SMILES string of the molecule is O=C(/C=C/c1ccco1)Nc1ccc(C(=O)NCC2OCCc3ccccc32)cc1. The molecule has 0 saturated heterocycles. The lowest BCUT2D eigenvalue weighted by Gasteiger charge is -2.26. The van der Waals surface area contributed by atoms with Crippen LogP contribution < -0.4 is 10.6 Å². The Bertz CT molecular complexity index is 1040. The van der Waals surface area contributed by atoms with Gasteiger partial charge in [0, 0.05) is 23.9 Å². The monoisotopic (exact) mass is 402 g/mol. The largest absolute Gasteiger partial charge is 0.465 e. The molecule has 6 nitrogen and oxygen atoms in total. The molecule has 1 aromatic heterocycles. The van der Waals surface area contributed by atoms with Gasteiger partial charge in [0.15, 0.2) is 0 Å². The Morgan fingerprint density at radius 3 is 2.67 bits per heavy atom. The highest BCUT2D eigenvalue weighted by Gasteiger charge is 2.21. The fourth-order valence-electron chi connectivity index (χ4n) is 3.37. The third kappa shape index (κ3) is 4.85. The van der Waals surface area contributed by atoms with Crippen LogP contribution in [0, 0.1) is 0 Å². The minimum atomic E-state index is -0.281. The second-order valence-corrected chi connectivity index (χ2v) is 6.93. The summed E-state index contributed by atoms with van der Waals surface area (Å²) in [5.74, 6) is 0.135. The molecule has 4 rings (SSSR count). The zero-order valence-electron chi connectivity index (χ0n) is 16.3. The Balaban J connectivity index is 1.31. The van der Waals surface area contributed by atoms with Crippen molar-refractivity contribution >= 4 is 23.6 Å². The average molecular weight is 402 g/mol. The van der Waals surface area contributed by atoms with E-state index >= 15 is 0 Å². The predicted octanol–water partition coefficient (Wildman–Crippen LogP) is 3.98. The second kappa shape index (κ2) is 9.24. The van der Waals surface area contributed by atoms with Gasteiger partial charge in [-0.15, -0.1) is 0 Å². The fraction of sp³-hybridized carbons (Fsp3) is 0.167. The topological polar surface area (TPSA) is 80.6 Å². The molecule has 0 fully saturated rings. The number of carbonyl (C=O) groups excluding carboxylic acids is 2. The Hall–Kier alpha value is -3.64. The summed E-state index contributed by atoms with van der Waals surface area (Å²) < 4.78 is 11.0. The van der Waals surface area contributed by atoms with E-state index in [2.05, 4.69) is 16.7 Å². The molecule has 3 aromatic rings. The zero-order chi connectivity index (χ0) is 20.8. The van der Waals surface area contributed by atoms with E-state index in [9.17, 15) is 9.59 Å². The number of furan rings is 1. The summed E-state index contributed by atoms with van der Waals surface area (Å²) in [7, 11) is 0. The molecule has 2 amide bonds. The van der Waals surface area contributed by atoms with Crippen LogP contribution in [-0.2, 0) is 16.0 Å². The molecule has 2 aromatic carbocycles. The van der Waals surface area contributed by atoms with Crippen LogP contribution >= 0.6 is 0 Å². The van der Waals surface area contributed by atoms with Crippen molar-refractivity contribution in [3.05, 3.63) is 95.5 Å². The van der Waals surface area contributed by atoms with Crippen molar-refractivity contribution < 1.29 is 18.7 Å². The van der Waals surface area contributed by atoms with Crippen LogP contribution in [0.25, 0.3) is 6.08 Å². The van der Waals surface area contributed by atoms with E-state index < -0.39 is 0 Å². The maximum atomic E-state index is 12.5. The van der Waals surface area contributed by atoms with Gasteiger partial charge in [-0.25, -0.2) is 0 Å². The van der Waals surface area contributed by atoms with Crippen molar-refractivity contribution in [2.45, 2.75) is 12.5 Å². The minimum absolute atomic E-state index is 0.140. The first kappa shape index (κ1) is 19.7. The van der Waals surface area contributed by atoms with E-state index in [0.29, 0.717) is 30.2 Å². The summed E-state index contributed by atoms with van der Waals surface area (Å²) in [5, 5.41) is 5.68. The maximum Gasteiger partial charge on any atom is 0.251 e. The van der Waals surface area contributed by atoms with Crippen molar-refractivity contribution in [3.63, 3.8) is 0 Å². The van der Waals surface area contributed by atoms with Crippen molar-refractivity contribution in [2.75, 3.05) is 18.5 Å². The van der Waals surface area contributed by atoms with Gasteiger partial charge < -0.3 is 19.8 Å². The van der Waals surface area contributed by atoms with E-state index in [1.54, 1.807) is 48.7 Å². The number of fused-ring (bicyclic) bond motifs is 1. The molecule has 30 heavy (non-hydrogen) atoms. The number of carbonyl (C=O) groups is 2. The molecular weight excluding hydrogens is 380 g/mol. The number of nitrogens with one attached hydrogen (secondary N) is 2. The van der Waals surface area contributed by atoms with Crippen LogP contribution in [0.4, 0.5) is 5.69 Å². The summed E-state index contributed by atoms with van der Waals surface area (Å²) in [4.78, 5) is 24.5. The van der Waals surface area contributed by atoms with Crippen LogP contribution in [0.2, 0.25) is 0 Å². The van der Waals surface area contributed by atoms with Crippen LogP contribution in [0.5, 0.6) is 0 Å². The number of rotatable bonds is 6. The van der Waals surface area contributed by atoms with Gasteiger partial charge in [0.1, 0.15) is 11.9 Å². The molecule has 1 unspecified atom stereocenters. The first-order valence-electron chi connectivity index (χ1n) is 9.79. The quantitative estimate of drug-likeness (QED) is 0.611. The lowest BCUT2D eigenvalue weighted by atomic mass is 9.97. The lowest BCUT2D eigenvalue weighted by molar-refractivity contribution is -0.111. The third-order valence-electron chi connectivity index (χ3n) is 4.90. The Morgan fingerprint density at radius 2 is 1.87 bits per heavy atom. The van der Waals surface area contributed by atoms with E-state index in [1.807, 2.05) is 18.2 Å². The number of amides is 2. The molecular formula is C24H22N2O4. The predicted molar refractivity (Wildman–Crippen MR) is 114 cm³/mol. The molecule has 1 atom stereocenters. The molecule has 2 heterocycles. The number of hydrogen-bond donors (Lipinski definition) is 2. The van der Waals surface area contributed by atoms with Gasteiger partial charge in [-0.2, -0.15) is 0 Å². The molecule has 1 aliphatic rings. The summed E-state index contributed by atoms with van der Waals surface area (Å²) >= 11 is 0. The van der Waals surface area contributed by atoms with Gasteiger partial charge in [-0.1, -0.05) is 24.3 Å². The number of hydrogen-bond acceptors (Lipinski definition) is 4. The van der Waals surface area contributed by atoms with E-state index in [0.717, 1.165) is 12.0 Å². The fourth-order valence-corrected chi connectivity index (χ4v) is 3.37. The van der Waals surface area contributed by atoms with Crippen molar-refractivity contribution in [1.29, 1.82) is 0 Å². The Morgan fingerprint density at radius 1 is 1.03 bits per heavy atom. The Kier molecular flexibility index (Phi) is 6.06. The molecule has 0 bridgehead atoms. The summed E-state index contributed by atoms with van der Waals surface area (Å²) in [6.07, 6.45) is 5.27. The van der Waals surface area contributed by atoms with Gasteiger partial charge in [0.2, 0.25) is 5.91 Å². The highest BCUT2D eigenvalue weighted by molar-refractivity contribution is 6.02. The Labute approximate surface area is 174 Å². The van der Waals surface area contributed by atoms with Crippen LogP contribution in [0.3, 0.4) is 0 Å². The highest BCUT2D eigenvalue weighted by Crippen LogP contribution is 2.26. The highest BCUT2D eigenvalue weighted by atomic mass is 16.5. The standard InChI is InChI=1S/C24H22N2O4/c27-23(12-11-20-5-3-14-29-20)26-19-9-7-18(8-10-19)24(28)25-16-22-21-6-2-1-4-17(21)13-15-30-22/h1-12,14,22H,13,15-16H2,(H,25,28)(H,26,27)/b12-11+. The van der Waals surface area contributed by atoms with E-state index in [-0.39, 0.29) is 17.9 Å². The number of ether oxygens (including phenoxy) is 1. The van der Waals surface area contributed by atoms with Gasteiger partial charge in [0.25, 0.3) is 5.91 Å². The smallest absolute Gasteiger partial charge is 0.251 e. The van der Waals surface area contributed by atoms with E-state index in [4.69, 9.17) is 9.15 Å². The molecule has 0 spiro atoms. The third-order valence-corrected chi connectivity index (χ3v) is 4.90. The normalized spacial score (nSPS) is 15.5. The lowest BCUT2D eigenvalue weighted by Crippen LogP contribution is -2.31. The summed E-state index contributed by atoms with van der Waals surface area (Å²) in [6.45, 7) is 1.06. The number of benzene rings is 2. The molecule has 1 aliphatic heterocycles.